The molecular formula is C18H19ClNS+. The second-order valence-electron chi connectivity index (χ2n) is 5.20. The van der Waals surface area contributed by atoms with Crippen LogP contribution in [0.15, 0.2) is 58.3 Å². The fraction of sp³-hybridized carbons (Fsp3) is 0.222. The van der Waals surface area contributed by atoms with Crippen LogP contribution >= 0.6 is 23.4 Å². The largest absolute Gasteiger partial charge is 0.349 e. The minimum Gasteiger partial charge on any atom is -0.349 e. The van der Waals surface area contributed by atoms with E-state index in [9.17, 15) is 0 Å². The van der Waals surface area contributed by atoms with Crippen LogP contribution in [-0.4, -0.2) is 13.6 Å². The average molecular weight is 317 g/mol. The van der Waals surface area contributed by atoms with Gasteiger partial charge >= 0.3 is 0 Å². The number of unbranched alkanes of at least 4 members (excludes halogenated alkanes) is 1. The Morgan fingerprint density at radius 1 is 1.10 bits per heavy atom. The highest BCUT2D eigenvalue weighted by Crippen LogP contribution is 2.46. The maximum atomic E-state index is 6.21. The van der Waals surface area contributed by atoms with Gasteiger partial charge in [0.1, 0.15) is 0 Å². The minimum atomic E-state index is 0.807. The van der Waals surface area contributed by atoms with Gasteiger partial charge < -0.3 is 5.32 Å². The molecule has 108 valence electrons. The van der Waals surface area contributed by atoms with Gasteiger partial charge in [0.15, 0.2) is 0 Å². The molecule has 0 spiro atoms. The standard InChI is InChI=1S/C18H18ClNS/c1-20-11-5-4-6-14-15-7-2-3-8-17(15)21-18-10-9-13(19)12-16(14)18/h2-3,6-10,12,20H,4-5,11H2,1H3/p+1/b14-6+. The van der Waals surface area contributed by atoms with Crippen LogP contribution in [0.25, 0.3) is 5.57 Å². The molecule has 3 heteroatoms. The molecule has 2 aromatic rings. The summed E-state index contributed by atoms with van der Waals surface area (Å²) in [5.41, 5.74) is 3.93. The van der Waals surface area contributed by atoms with Gasteiger partial charge in [0.05, 0.1) is 13.6 Å². The molecule has 0 aromatic heterocycles. The van der Waals surface area contributed by atoms with Gasteiger partial charge in [0, 0.05) is 14.8 Å². The summed E-state index contributed by atoms with van der Waals surface area (Å²) >= 11 is 8.04. The third kappa shape index (κ3) is 3.18. The third-order valence-corrected chi connectivity index (χ3v) is 5.06. The Hall–Kier alpha value is -1.22. The molecule has 0 bridgehead atoms. The Morgan fingerprint density at radius 2 is 1.90 bits per heavy atom. The molecule has 2 N–H and O–H groups in total. The predicted molar refractivity (Wildman–Crippen MR) is 91.0 cm³/mol. The molecule has 21 heavy (non-hydrogen) atoms. The summed E-state index contributed by atoms with van der Waals surface area (Å²) in [6.07, 6.45) is 4.67. The lowest BCUT2D eigenvalue weighted by molar-refractivity contribution is -0.627. The summed E-state index contributed by atoms with van der Waals surface area (Å²) in [5, 5.41) is 3.04. The Balaban J connectivity index is 2.02. The van der Waals surface area contributed by atoms with Crippen LogP contribution in [0, 0.1) is 0 Å². The molecule has 1 heterocycles. The van der Waals surface area contributed by atoms with Gasteiger partial charge in [-0.15, -0.1) is 0 Å². The fourth-order valence-electron chi connectivity index (χ4n) is 2.63. The van der Waals surface area contributed by atoms with E-state index in [4.69, 9.17) is 11.6 Å². The SMILES string of the molecule is C[NH2+]CCC/C=C1\c2ccccc2Sc2ccc(Cl)cc21. The van der Waals surface area contributed by atoms with Crippen LogP contribution < -0.4 is 5.32 Å². The maximum Gasteiger partial charge on any atom is 0.0756 e. The van der Waals surface area contributed by atoms with E-state index in [0.29, 0.717) is 0 Å². The lowest BCUT2D eigenvalue weighted by Crippen LogP contribution is -2.79. The van der Waals surface area contributed by atoms with Crippen LogP contribution in [0.4, 0.5) is 0 Å². The number of rotatable bonds is 4. The number of quaternary nitrogens is 1. The van der Waals surface area contributed by atoms with E-state index in [2.05, 4.69) is 54.8 Å². The topological polar surface area (TPSA) is 16.6 Å². The molecule has 0 amide bonds. The summed E-state index contributed by atoms with van der Waals surface area (Å²) in [7, 11) is 2.12. The molecule has 0 atom stereocenters. The molecule has 3 rings (SSSR count). The van der Waals surface area contributed by atoms with Crippen LogP contribution in [-0.2, 0) is 0 Å². The zero-order valence-electron chi connectivity index (χ0n) is 12.1. The number of hydrogen-bond acceptors (Lipinski definition) is 1. The van der Waals surface area contributed by atoms with Crippen molar-refractivity contribution >= 4 is 28.9 Å². The van der Waals surface area contributed by atoms with E-state index in [1.807, 2.05) is 17.8 Å². The van der Waals surface area contributed by atoms with Crippen LogP contribution in [0.3, 0.4) is 0 Å². The van der Waals surface area contributed by atoms with Gasteiger partial charge in [-0.25, -0.2) is 0 Å². The van der Waals surface area contributed by atoms with Crippen LogP contribution in [0.2, 0.25) is 5.02 Å². The van der Waals surface area contributed by atoms with Crippen molar-refractivity contribution in [2.45, 2.75) is 22.6 Å². The summed E-state index contributed by atoms with van der Waals surface area (Å²) in [6.45, 7) is 1.17. The zero-order chi connectivity index (χ0) is 14.7. The number of fused-ring (bicyclic) bond motifs is 2. The summed E-state index contributed by atoms with van der Waals surface area (Å²) < 4.78 is 0. The molecule has 2 aromatic carbocycles. The minimum absolute atomic E-state index is 0.807. The molecule has 0 unspecified atom stereocenters. The lowest BCUT2D eigenvalue weighted by Gasteiger charge is -2.22. The fourth-order valence-corrected chi connectivity index (χ4v) is 3.89. The van der Waals surface area contributed by atoms with Crippen molar-refractivity contribution in [3.8, 4) is 0 Å². The van der Waals surface area contributed by atoms with Gasteiger partial charge in [0.25, 0.3) is 0 Å². The van der Waals surface area contributed by atoms with Crippen LogP contribution in [0.1, 0.15) is 24.0 Å². The number of nitrogens with two attached hydrogens (primary N) is 1. The Kier molecular flexibility index (Phi) is 4.69. The van der Waals surface area contributed by atoms with Crippen molar-refractivity contribution in [1.29, 1.82) is 0 Å². The van der Waals surface area contributed by atoms with E-state index >= 15 is 0 Å². The highest BCUT2D eigenvalue weighted by molar-refractivity contribution is 7.99. The number of halogens is 1. The number of hydrogen-bond donors (Lipinski definition) is 1. The average Bonchev–Trinajstić information content (AvgIpc) is 2.51. The van der Waals surface area contributed by atoms with Crippen molar-refractivity contribution in [1.82, 2.24) is 0 Å². The molecular weight excluding hydrogens is 298 g/mol. The Morgan fingerprint density at radius 3 is 2.76 bits per heavy atom. The van der Waals surface area contributed by atoms with E-state index < -0.39 is 0 Å². The first-order chi connectivity index (χ1) is 10.3. The second-order valence-corrected chi connectivity index (χ2v) is 6.72. The summed E-state index contributed by atoms with van der Waals surface area (Å²) in [5.74, 6) is 0. The zero-order valence-corrected chi connectivity index (χ0v) is 13.7. The molecule has 0 fully saturated rings. The van der Waals surface area contributed by atoms with Gasteiger partial charge in [-0.3, -0.25) is 0 Å². The first kappa shape index (κ1) is 14.7. The Labute approximate surface area is 135 Å². The van der Waals surface area contributed by atoms with Gasteiger partial charge in [0.2, 0.25) is 0 Å². The normalized spacial score (nSPS) is 14.9. The number of allylic oxidation sites excluding steroid dienone is 1. The smallest absolute Gasteiger partial charge is 0.0756 e. The van der Waals surface area contributed by atoms with Crippen molar-refractivity contribution in [2.24, 2.45) is 0 Å². The van der Waals surface area contributed by atoms with Crippen molar-refractivity contribution in [2.75, 3.05) is 13.6 Å². The van der Waals surface area contributed by atoms with Gasteiger partial charge in [-0.05, 0) is 53.8 Å². The van der Waals surface area contributed by atoms with Gasteiger partial charge in [-0.2, -0.15) is 0 Å². The number of benzene rings is 2. The lowest BCUT2D eigenvalue weighted by atomic mass is 9.96. The summed E-state index contributed by atoms with van der Waals surface area (Å²) in [6, 6.07) is 14.8. The van der Waals surface area contributed by atoms with E-state index in [-0.39, 0.29) is 0 Å². The van der Waals surface area contributed by atoms with Gasteiger partial charge in [-0.1, -0.05) is 47.6 Å². The second kappa shape index (κ2) is 6.69. The highest BCUT2D eigenvalue weighted by Gasteiger charge is 2.20. The van der Waals surface area contributed by atoms with Crippen molar-refractivity contribution in [3.63, 3.8) is 0 Å². The predicted octanol–water partition coefficient (Wildman–Crippen LogP) is 4.21. The summed E-state index contributed by atoms with van der Waals surface area (Å²) in [4.78, 5) is 2.63. The molecule has 1 aliphatic heterocycles. The molecule has 0 radical (unpaired) electrons. The molecule has 1 aliphatic rings. The maximum absolute atomic E-state index is 6.21. The van der Waals surface area contributed by atoms with E-state index in [1.54, 1.807) is 0 Å². The molecule has 0 aliphatic carbocycles. The van der Waals surface area contributed by atoms with Crippen molar-refractivity contribution in [3.05, 3.63) is 64.7 Å². The van der Waals surface area contributed by atoms with Crippen LogP contribution in [0.5, 0.6) is 0 Å². The van der Waals surface area contributed by atoms with E-state index in [1.165, 1.54) is 39.5 Å². The van der Waals surface area contributed by atoms with E-state index in [0.717, 1.165) is 11.4 Å². The van der Waals surface area contributed by atoms with Crippen molar-refractivity contribution < 1.29 is 5.32 Å². The quantitative estimate of drug-likeness (QED) is 0.713. The molecule has 0 saturated carbocycles. The monoisotopic (exact) mass is 316 g/mol. The third-order valence-electron chi connectivity index (χ3n) is 3.67. The molecule has 0 saturated heterocycles. The first-order valence-electron chi connectivity index (χ1n) is 7.35. The highest BCUT2D eigenvalue weighted by atomic mass is 35.5. The Bertz CT molecular complexity index is 679. The first-order valence-corrected chi connectivity index (χ1v) is 8.54. The molecule has 1 nitrogen and oxygen atoms in total.